The Morgan fingerprint density at radius 2 is 1.80 bits per heavy atom. The van der Waals surface area contributed by atoms with Crippen LogP contribution in [0.5, 0.6) is 0 Å². The molecule has 0 fully saturated rings. The van der Waals surface area contributed by atoms with E-state index >= 15 is 0 Å². The van der Waals surface area contributed by atoms with Gasteiger partial charge in [0.25, 0.3) is 0 Å². The summed E-state index contributed by atoms with van der Waals surface area (Å²) in [4.78, 5) is 4.33. The van der Waals surface area contributed by atoms with E-state index in [9.17, 15) is 0 Å². The van der Waals surface area contributed by atoms with E-state index in [1.165, 1.54) is 0 Å². The summed E-state index contributed by atoms with van der Waals surface area (Å²) in [6.45, 7) is 12.8. The molecule has 0 rings (SSSR count). The molecule has 88 valence electrons. The minimum absolute atomic E-state index is 0.245. The fraction of sp³-hybridized carbons (Fsp3) is 0.750. The van der Waals surface area contributed by atoms with Crippen LogP contribution >= 0.6 is 0 Å². The van der Waals surface area contributed by atoms with Gasteiger partial charge in [0.15, 0.2) is 0 Å². The van der Waals surface area contributed by atoms with Gasteiger partial charge < -0.3 is 9.47 Å². The molecule has 0 saturated heterocycles. The SMILES string of the molecule is C=CCC(C=NC(C)C)(OCC)OCC. The lowest BCUT2D eigenvalue weighted by atomic mass is 10.2. The third-order valence-corrected chi connectivity index (χ3v) is 1.78. The lowest BCUT2D eigenvalue weighted by Crippen LogP contribution is -2.38. The lowest BCUT2D eigenvalue weighted by molar-refractivity contribution is -0.177. The van der Waals surface area contributed by atoms with Crippen molar-refractivity contribution in [2.45, 2.75) is 45.9 Å². The van der Waals surface area contributed by atoms with Crippen LogP contribution in [0.4, 0.5) is 0 Å². The molecule has 0 bridgehead atoms. The van der Waals surface area contributed by atoms with Crippen molar-refractivity contribution < 1.29 is 9.47 Å². The van der Waals surface area contributed by atoms with Gasteiger partial charge in [-0.15, -0.1) is 6.58 Å². The summed E-state index contributed by atoms with van der Waals surface area (Å²) in [6, 6.07) is 0.245. The molecule has 0 aromatic rings. The Morgan fingerprint density at radius 3 is 2.13 bits per heavy atom. The maximum atomic E-state index is 5.62. The second kappa shape index (κ2) is 7.60. The molecule has 0 radical (unpaired) electrons. The van der Waals surface area contributed by atoms with Gasteiger partial charge in [0.2, 0.25) is 5.79 Å². The molecule has 3 nitrogen and oxygen atoms in total. The molecule has 15 heavy (non-hydrogen) atoms. The zero-order valence-corrected chi connectivity index (χ0v) is 10.3. The van der Waals surface area contributed by atoms with Crippen LogP contribution in [0.2, 0.25) is 0 Å². The molecule has 0 aliphatic rings. The summed E-state index contributed by atoms with van der Waals surface area (Å²) in [7, 11) is 0. The van der Waals surface area contributed by atoms with E-state index in [1.807, 2.05) is 27.7 Å². The Morgan fingerprint density at radius 1 is 1.27 bits per heavy atom. The normalized spacial score (nSPS) is 12.6. The first-order chi connectivity index (χ1) is 7.10. The van der Waals surface area contributed by atoms with Gasteiger partial charge in [-0.1, -0.05) is 6.08 Å². The van der Waals surface area contributed by atoms with Crippen molar-refractivity contribution in [3.05, 3.63) is 12.7 Å². The van der Waals surface area contributed by atoms with Crippen LogP contribution in [-0.2, 0) is 9.47 Å². The van der Waals surface area contributed by atoms with Gasteiger partial charge in [-0.05, 0) is 27.7 Å². The van der Waals surface area contributed by atoms with Crippen LogP contribution in [0.3, 0.4) is 0 Å². The summed E-state index contributed by atoms with van der Waals surface area (Å²) in [5.74, 6) is -0.727. The smallest absolute Gasteiger partial charge is 0.208 e. The van der Waals surface area contributed by atoms with Gasteiger partial charge in [0, 0.05) is 25.7 Å². The Bertz CT molecular complexity index is 194. The van der Waals surface area contributed by atoms with Crippen LogP contribution in [-0.4, -0.2) is 31.3 Å². The van der Waals surface area contributed by atoms with Gasteiger partial charge in [-0.2, -0.15) is 0 Å². The number of rotatable bonds is 8. The molecule has 0 aromatic carbocycles. The molecule has 0 unspecified atom stereocenters. The zero-order chi connectivity index (χ0) is 11.7. The Kier molecular flexibility index (Phi) is 7.26. The number of aliphatic imine (C=N–C) groups is 1. The number of nitrogens with zero attached hydrogens (tertiary/aromatic N) is 1. The molecular weight excluding hydrogens is 190 g/mol. The molecule has 0 spiro atoms. The summed E-state index contributed by atoms with van der Waals surface area (Å²) in [6.07, 6.45) is 4.16. The van der Waals surface area contributed by atoms with Crippen molar-refractivity contribution in [2.75, 3.05) is 13.2 Å². The van der Waals surface area contributed by atoms with Crippen molar-refractivity contribution >= 4 is 6.21 Å². The Balaban J connectivity index is 4.66. The molecule has 0 N–H and O–H groups in total. The third kappa shape index (κ3) is 5.70. The molecule has 0 aromatic heterocycles. The lowest BCUT2D eigenvalue weighted by Gasteiger charge is -2.28. The van der Waals surface area contributed by atoms with Crippen molar-refractivity contribution in [1.82, 2.24) is 0 Å². The fourth-order valence-electron chi connectivity index (χ4n) is 1.24. The van der Waals surface area contributed by atoms with E-state index in [2.05, 4.69) is 11.6 Å². The Labute approximate surface area is 93.2 Å². The average molecular weight is 213 g/mol. The summed E-state index contributed by atoms with van der Waals surface area (Å²) in [5, 5.41) is 0. The monoisotopic (exact) mass is 213 g/mol. The van der Waals surface area contributed by atoms with Crippen molar-refractivity contribution in [3.63, 3.8) is 0 Å². The quantitative estimate of drug-likeness (QED) is 0.352. The molecular formula is C12H23NO2. The third-order valence-electron chi connectivity index (χ3n) is 1.78. The number of hydrogen-bond donors (Lipinski definition) is 0. The maximum Gasteiger partial charge on any atom is 0.208 e. The molecule has 0 saturated carbocycles. The van der Waals surface area contributed by atoms with E-state index < -0.39 is 5.79 Å². The van der Waals surface area contributed by atoms with Gasteiger partial charge >= 0.3 is 0 Å². The van der Waals surface area contributed by atoms with Crippen LogP contribution in [0.25, 0.3) is 0 Å². The Hall–Kier alpha value is -0.670. The minimum Gasteiger partial charge on any atom is -0.345 e. The van der Waals surface area contributed by atoms with Crippen molar-refractivity contribution in [2.24, 2.45) is 4.99 Å². The van der Waals surface area contributed by atoms with Gasteiger partial charge in [-0.25, -0.2) is 0 Å². The van der Waals surface area contributed by atoms with Crippen LogP contribution in [0.15, 0.2) is 17.6 Å². The molecule has 0 heterocycles. The highest BCUT2D eigenvalue weighted by molar-refractivity contribution is 5.67. The highest BCUT2D eigenvalue weighted by Crippen LogP contribution is 2.17. The molecule has 0 atom stereocenters. The van der Waals surface area contributed by atoms with E-state index in [1.54, 1.807) is 12.3 Å². The largest absolute Gasteiger partial charge is 0.345 e. The van der Waals surface area contributed by atoms with E-state index in [0.717, 1.165) is 0 Å². The predicted octanol–water partition coefficient (Wildman–Crippen LogP) is 2.81. The van der Waals surface area contributed by atoms with E-state index in [-0.39, 0.29) is 6.04 Å². The van der Waals surface area contributed by atoms with Crippen molar-refractivity contribution in [1.29, 1.82) is 0 Å². The summed E-state index contributed by atoms with van der Waals surface area (Å²) >= 11 is 0. The van der Waals surface area contributed by atoms with Crippen LogP contribution < -0.4 is 0 Å². The maximum absolute atomic E-state index is 5.62. The van der Waals surface area contributed by atoms with Crippen LogP contribution in [0, 0.1) is 0 Å². The first kappa shape index (κ1) is 14.3. The summed E-state index contributed by atoms with van der Waals surface area (Å²) < 4.78 is 11.2. The van der Waals surface area contributed by atoms with Gasteiger partial charge in [0.05, 0.1) is 6.21 Å². The predicted molar refractivity (Wildman–Crippen MR) is 64.4 cm³/mol. The first-order valence-electron chi connectivity index (χ1n) is 5.53. The average Bonchev–Trinajstić information content (AvgIpc) is 2.16. The fourth-order valence-corrected chi connectivity index (χ4v) is 1.24. The standard InChI is InChI=1S/C12H23NO2/c1-6-9-12(14-7-2,15-8-3)10-13-11(4)5/h6,10-11H,1,7-9H2,2-5H3. The van der Waals surface area contributed by atoms with Gasteiger partial charge in [0.1, 0.15) is 0 Å². The first-order valence-corrected chi connectivity index (χ1v) is 5.53. The molecule has 3 heteroatoms. The zero-order valence-electron chi connectivity index (χ0n) is 10.3. The summed E-state index contributed by atoms with van der Waals surface area (Å²) in [5.41, 5.74) is 0. The molecule has 0 aliphatic carbocycles. The van der Waals surface area contributed by atoms with Gasteiger partial charge in [-0.3, -0.25) is 4.99 Å². The second-order valence-corrected chi connectivity index (χ2v) is 3.54. The number of hydrogen-bond acceptors (Lipinski definition) is 3. The van der Waals surface area contributed by atoms with E-state index in [0.29, 0.717) is 19.6 Å². The van der Waals surface area contributed by atoms with Crippen molar-refractivity contribution in [3.8, 4) is 0 Å². The van der Waals surface area contributed by atoms with Crippen LogP contribution in [0.1, 0.15) is 34.1 Å². The second-order valence-electron chi connectivity index (χ2n) is 3.54. The highest BCUT2D eigenvalue weighted by Gasteiger charge is 2.27. The highest BCUT2D eigenvalue weighted by atomic mass is 16.7. The topological polar surface area (TPSA) is 30.8 Å². The van der Waals surface area contributed by atoms with E-state index in [4.69, 9.17) is 9.47 Å². The number of ether oxygens (including phenoxy) is 2. The molecule has 0 aliphatic heterocycles. The molecule has 0 amide bonds. The minimum atomic E-state index is -0.727.